The smallest absolute Gasteiger partial charge is 0.245 e. The first-order chi connectivity index (χ1) is 14.4. The molecule has 2 bridgehead atoms. The van der Waals surface area contributed by atoms with E-state index in [4.69, 9.17) is 0 Å². The highest BCUT2D eigenvalue weighted by Crippen LogP contribution is 2.49. The Bertz CT molecular complexity index is 1050. The van der Waals surface area contributed by atoms with Crippen LogP contribution in [0.2, 0.25) is 0 Å². The molecule has 7 nitrogen and oxygen atoms in total. The van der Waals surface area contributed by atoms with Gasteiger partial charge >= 0.3 is 0 Å². The molecule has 1 aromatic carbocycles. The summed E-state index contributed by atoms with van der Waals surface area (Å²) in [4.78, 5) is 13.1. The lowest BCUT2D eigenvalue weighted by Crippen LogP contribution is -2.47. The fourth-order valence-corrected chi connectivity index (χ4v) is 8.06. The van der Waals surface area contributed by atoms with Crippen molar-refractivity contribution in [1.82, 2.24) is 18.4 Å². The molecule has 5 rings (SSSR count). The van der Waals surface area contributed by atoms with Crippen molar-refractivity contribution in [3.05, 3.63) is 18.2 Å². The third-order valence-corrected chi connectivity index (χ3v) is 9.97. The molecule has 0 radical (unpaired) electrons. The normalized spacial score (nSPS) is 28.8. The molecule has 162 valence electrons. The first-order valence-corrected chi connectivity index (χ1v) is 13.1. The number of nitrogens with one attached hydrogen (secondary N) is 1. The average Bonchev–Trinajstić information content (AvgIpc) is 3.50. The van der Waals surface area contributed by atoms with Crippen molar-refractivity contribution in [3.63, 3.8) is 0 Å². The fourth-order valence-electron chi connectivity index (χ4n) is 5.84. The van der Waals surface area contributed by atoms with Crippen LogP contribution in [-0.2, 0) is 14.8 Å². The van der Waals surface area contributed by atoms with Gasteiger partial charge in [0, 0.05) is 25.0 Å². The predicted octanol–water partition coefficient (Wildman–Crippen LogP) is 3.03. The van der Waals surface area contributed by atoms with E-state index in [1.54, 1.807) is 18.2 Å². The van der Waals surface area contributed by atoms with Gasteiger partial charge in [-0.1, -0.05) is 12.5 Å². The van der Waals surface area contributed by atoms with Crippen LogP contribution in [0.5, 0.6) is 0 Å². The van der Waals surface area contributed by atoms with E-state index in [9.17, 15) is 13.2 Å². The fraction of sp³-hybridized carbons (Fsp3) is 0.667. The van der Waals surface area contributed by atoms with E-state index in [-0.39, 0.29) is 22.8 Å². The van der Waals surface area contributed by atoms with Crippen LogP contribution in [0.4, 0.5) is 0 Å². The molecule has 2 heterocycles. The number of fused-ring (bicyclic) bond motifs is 3. The van der Waals surface area contributed by atoms with Crippen molar-refractivity contribution in [3.8, 4) is 0 Å². The van der Waals surface area contributed by atoms with Crippen molar-refractivity contribution >= 4 is 38.7 Å². The molecule has 2 saturated carbocycles. The van der Waals surface area contributed by atoms with Gasteiger partial charge in [0.15, 0.2) is 0 Å². The quantitative estimate of drug-likeness (QED) is 0.759. The average molecular weight is 449 g/mol. The van der Waals surface area contributed by atoms with Crippen molar-refractivity contribution in [2.75, 3.05) is 13.1 Å². The lowest BCUT2D eigenvalue weighted by atomic mass is 9.83. The summed E-state index contributed by atoms with van der Waals surface area (Å²) >= 11 is 1.02. The van der Waals surface area contributed by atoms with Crippen LogP contribution >= 0.6 is 11.7 Å². The van der Waals surface area contributed by atoms with Crippen LogP contribution in [0.25, 0.3) is 11.0 Å². The van der Waals surface area contributed by atoms with Gasteiger partial charge in [0.05, 0.1) is 11.7 Å². The summed E-state index contributed by atoms with van der Waals surface area (Å²) in [5, 5.41) is 3.26. The zero-order chi connectivity index (χ0) is 20.9. The van der Waals surface area contributed by atoms with Gasteiger partial charge in [0.1, 0.15) is 15.9 Å². The number of carbonyl (C=O) groups excluding carboxylic acids is 1. The monoisotopic (exact) mass is 448 g/mol. The predicted molar refractivity (Wildman–Crippen MR) is 115 cm³/mol. The minimum Gasteiger partial charge on any atom is -0.353 e. The second-order valence-corrected chi connectivity index (χ2v) is 11.6. The molecule has 2 aliphatic carbocycles. The number of rotatable bonds is 5. The van der Waals surface area contributed by atoms with E-state index in [1.807, 2.05) is 0 Å². The number of amides is 1. The molecule has 0 spiro atoms. The summed E-state index contributed by atoms with van der Waals surface area (Å²) in [7, 11) is -3.64. The van der Waals surface area contributed by atoms with Crippen LogP contribution in [-0.4, -0.2) is 46.5 Å². The lowest BCUT2D eigenvalue weighted by molar-refractivity contribution is -0.127. The topological polar surface area (TPSA) is 92.3 Å². The minimum absolute atomic E-state index is 0.0909. The third-order valence-electron chi connectivity index (χ3n) is 7.50. The Hall–Kier alpha value is -1.58. The number of piperidine rings is 1. The van der Waals surface area contributed by atoms with Crippen LogP contribution in [0, 0.1) is 23.7 Å². The molecule has 4 atom stereocenters. The largest absolute Gasteiger partial charge is 0.353 e. The molecule has 1 aromatic heterocycles. The van der Waals surface area contributed by atoms with Gasteiger partial charge in [-0.2, -0.15) is 13.1 Å². The number of benzene rings is 1. The lowest BCUT2D eigenvalue weighted by Gasteiger charge is -2.33. The van der Waals surface area contributed by atoms with E-state index >= 15 is 0 Å². The van der Waals surface area contributed by atoms with Gasteiger partial charge in [0.25, 0.3) is 0 Å². The molecule has 30 heavy (non-hydrogen) atoms. The molecular formula is C21H28N4O3S2. The number of nitrogens with zero attached hydrogens (tertiary/aromatic N) is 3. The SMILES string of the molecule is C[C@@H](NC(=O)C1CCN(S(=O)(=O)c2cccc3nsnc23)CC1)[C@H]1C[C@H]2CC[C@H]1C2. The highest BCUT2D eigenvalue weighted by molar-refractivity contribution is 7.89. The second kappa shape index (κ2) is 7.84. The standard InChI is InChI=1S/C21H28N4O3S2/c1-13(17-12-14-5-6-16(17)11-14)22-21(26)15-7-9-25(10-8-15)30(27,28)19-4-2-3-18-20(19)24-29-23-18/h2-4,13-17H,5-12H2,1H3,(H,22,26)/t13-,14+,16+,17-/m1/s1. The Balaban J connectivity index is 1.21. The maximum absolute atomic E-state index is 13.2. The third kappa shape index (κ3) is 3.54. The first kappa shape index (κ1) is 20.3. The second-order valence-electron chi connectivity index (χ2n) is 9.20. The van der Waals surface area contributed by atoms with Gasteiger partial charge in [0.2, 0.25) is 15.9 Å². The first-order valence-electron chi connectivity index (χ1n) is 11.0. The molecular weight excluding hydrogens is 420 g/mol. The van der Waals surface area contributed by atoms with Crippen LogP contribution in [0.3, 0.4) is 0 Å². The molecule has 3 fully saturated rings. The zero-order valence-electron chi connectivity index (χ0n) is 17.2. The van der Waals surface area contributed by atoms with Gasteiger partial charge < -0.3 is 5.32 Å². The number of carbonyl (C=O) groups is 1. The van der Waals surface area contributed by atoms with Gasteiger partial charge in [-0.15, -0.1) is 0 Å². The van der Waals surface area contributed by atoms with Crippen LogP contribution in [0.15, 0.2) is 23.1 Å². The summed E-state index contributed by atoms with van der Waals surface area (Å²) in [6.07, 6.45) is 6.37. The van der Waals surface area contributed by atoms with Crippen molar-refractivity contribution < 1.29 is 13.2 Å². The van der Waals surface area contributed by atoms with Gasteiger partial charge in [-0.05, 0) is 68.9 Å². The molecule has 1 N–H and O–H groups in total. The highest BCUT2D eigenvalue weighted by atomic mass is 32.2. The van der Waals surface area contributed by atoms with Gasteiger partial charge in [-0.25, -0.2) is 8.42 Å². The molecule has 1 amide bonds. The number of hydrogen-bond donors (Lipinski definition) is 1. The van der Waals surface area contributed by atoms with Gasteiger partial charge in [-0.3, -0.25) is 4.79 Å². The molecule has 9 heteroatoms. The zero-order valence-corrected chi connectivity index (χ0v) is 18.8. The van der Waals surface area contributed by atoms with E-state index in [0.717, 1.165) is 23.6 Å². The number of hydrogen-bond acceptors (Lipinski definition) is 6. The van der Waals surface area contributed by atoms with Crippen molar-refractivity contribution in [2.24, 2.45) is 23.7 Å². The summed E-state index contributed by atoms with van der Waals surface area (Å²) in [5.41, 5.74) is 1.03. The summed E-state index contributed by atoms with van der Waals surface area (Å²) in [6, 6.07) is 5.28. The highest BCUT2D eigenvalue weighted by Gasteiger charge is 2.42. The van der Waals surface area contributed by atoms with Crippen LogP contribution < -0.4 is 5.32 Å². The Kier molecular flexibility index (Phi) is 5.31. The van der Waals surface area contributed by atoms with E-state index in [2.05, 4.69) is 21.0 Å². The molecule has 3 aliphatic rings. The molecule has 0 unspecified atom stereocenters. The number of aromatic nitrogens is 2. The van der Waals surface area contributed by atoms with E-state index < -0.39 is 10.0 Å². The Morgan fingerprint density at radius 1 is 1.17 bits per heavy atom. The summed E-state index contributed by atoms with van der Waals surface area (Å²) in [6.45, 7) is 2.86. The summed E-state index contributed by atoms with van der Waals surface area (Å²) in [5.74, 6) is 2.23. The Labute approximate surface area is 181 Å². The Morgan fingerprint density at radius 3 is 2.67 bits per heavy atom. The van der Waals surface area contributed by atoms with Crippen molar-refractivity contribution in [1.29, 1.82) is 0 Å². The van der Waals surface area contributed by atoms with E-state index in [0.29, 0.717) is 42.9 Å². The maximum Gasteiger partial charge on any atom is 0.245 e. The van der Waals surface area contributed by atoms with Crippen LogP contribution in [0.1, 0.15) is 45.4 Å². The number of sulfonamides is 1. The Morgan fingerprint density at radius 2 is 1.97 bits per heavy atom. The van der Waals surface area contributed by atoms with Crippen molar-refractivity contribution in [2.45, 2.75) is 56.4 Å². The minimum atomic E-state index is -3.64. The molecule has 1 saturated heterocycles. The molecule has 1 aliphatic heterocycles. The maximum atomic E-state index is 13.2. The summed E-state index contributed by atoms with van der Waals surface area (Å²) < 4.78 is 36.1. The molecule has 2 aromatic rings. The van der Waals surface area contributed by atoms with E-state index in [1.165, 1.54) is 30.0 Å².